The number of halogens is 1. The molecule has 0 fully saturated rings. The van der Waals surface area contributed by atoms with E-state index in [0.717, 1.165) is 21.8 Å². The molecule has 0 heterocycles. The van der Waals surface area contributed by atoms with Gasteiger partial charge in [0.25, 0.3) is 0 Å². The third-order valence-electron chi connectivity index (χ3n) is 3.31. The van der Waals surface area contributed by atoms with Crippen molar-refractivity contribution < 1.29 is 5.21 Å². The van der Waals surface area contributed by atoms with Crippen LogP contribution >= 0.6 is 11.6 Å². The molecule has 0 aliphatic heterocycles. The van der Waals surface area contributed by atoms with Gasteiger partial charge in [-0.05, 0) is 36.2 Å². The molecule has 3 N–H and O–H groups in total. The van der Waals surface area contributed by atoms with Crippen molar-refractivity contribution in [2.45, 2.75) is 13.5 Å². The Hall–Kier alpha value is -2.20. The number of nitrogens with zero attached hydrogens (tertiary/aromatic N) is 2. The number of anilines is 1. The van der Waals surface area contributed by atoms with Crippen LogP contribution in [-0.4, -0.2) is 18.1 Å². The molecule has 2 aromatic carbocycles. The van der Waals surface area contributed by atoms with Crippen LogP contribution in [0.5, 0.6) is 0 Å². The Morgan fingerprint density at radius 1 is 1.29 bits per heavy atom. The number of aryl methyl sites for hydroxylation is 1. The van der Waals surface area contributed by atoms with Crippen molar-refractivity contribution in [1.29, 1.82) is 0 Å². The molecule has 0 saturated carbocycles. The zero-order chi connectivity index (χ0) is 15.4. The third-order valence-corrected chi connectivity index (χ3v) is 3.68. The average Bonchev–Trinajstić information content (AvgIpc) is 2.48. The van der Waals surface area contributed by atoms with Gasteiger partial charge in [0.1, 0.15) is 0 Å². The predicted molar refractivity (Wildman–Crippen MR) is 87.2 cm³/mol. The zero-order valence-electron chi connectivity index (χ0n) is 12.0. The molecule has 0 bridgehead atoms. The summed E-state index contributed by atoms with van der Waals surface area (Å²) in [6.45, 7) is 2.64. The minimum Gasteiger partial charge on any atom is -0.409 e. The van der Waals surface area contributed by atoms with E-state index in [1.165, 1.54) is 0 Å². The lowest BCUT2D eigenvalue weighted by Gasteiger charge is -2.23. The van der Waals surface area contributed by atoms with Crippen molar-refractivity contribution in [3.8, 4) is 0 Å². The van der Waals surface area contributed by atoms with Gasteiger partial charge in [-0.3, -0.25) is 0 Å². The summed E-state index contributed by atoms with van der Waals surface area (Å²) in [7, 11) is 1.95. The summed E-state index contributed by atoms with van der Waals surface area (Å²) in [6.07, 6.45) is 0. The number of nitrogens with two attached hydrogens (primary N) is 1. The molecule has 2 aromatic rings. The first-order valence-corrected chi connectivity index (χ1v) is 6.94. The van der Waals surface area contributed by atoms with Crippen LogP contribution in [-0.2, 0) is 6.54 Å². The summed E-state index contributed by atoms with van der Waals surface area (Å²) < 4.78 is 0. The highest BCUT2D eigenvalue weighted by Gasteiger charge is 2.12. The van der Waals surface area contributed by atoms with Crippen LogP contribution in [0.4, 0.5) is 5.69 Å². The fraction of sp³-hybridized carbons (Fsp3) is 0.188. The second-order valence-electron chi connectivity index (χ2n) is 4.95. The molecule has 4 nitrogen and oxygen atoms in total. The average molecular weight is 304 g/mol. The number of rotatable bonds is 4. The molecular formula is C16H18ClN3O. The zero-order valence-corrected chi connectivity index (χ0v) is 12.8. The number of amidine groups is 1. The van der Waals surface area contributed by atoms with Gasteiger partial charge < -0.3 is 15.8 Å². The van der Waals surface area contributed by atoms with Crippen molar-refractivity contribution in [2.75, 3.05) is 11.9 Å². The maximum absolute atomic E-state index is 8.92. The number of hydrogen-bond acceptors (Lipinski definition) is 3. The second kappa shape index (κ2) is 6.50. The van der Waals surface area contributed by atoms with E-state index in [2.05, 4.69) is 5.16 Å². The van der Waals surface area contributed by atoms with Crippen LogP contribution in [0.25, 0.3) is 0 Å². The van der Waals surface area contributed by atoms with Gasteiger partial charge >= 0.3 is 0 Å². The fourth-order valence-electron chi connectivity index (χ4n) is 2.20. The SMILES string of the molecule is Cc1ccc(C(N)=NO)c(N(C)Cc2ccccc2Cl)c1. The molecule has 0 radical (unpaired) electrons. The van der Waals surface area contributed by atoms with Gasteiger partial charge in [-0.15, -0.1) is 0 Å². The van der Waals surface area contributed by atoms with E-state index in [-0.39, 0.29) is 5.84 Å². The van der Waals surface area contributed by atoms with E-state index in [0.29, 0.717) is 12.1 Å². The predicted octanol–water partition coefficient (Wildman–Crippen LogP) is 3.38. The smallest absolute Gasteiger partial charge is 0.172 e. The Kier molecular flexibility index (Phi) is 4.70. The number of benzene rings is 2. The maximum Gasteiger partial charge on any atom is 0.172 e. The third kappa shape index (κ3) is 3.47. The summed E-state index contributed by atoms with van der Waals surface area (Å²) in [4.78, 5) is 2.03. The first-order chi connectivity index (χ1) is 10.0. The topological polar surface area (TPSA) is 61.9 Å². The van der Waals surface area contributed by atoms with Crippen LogP contribution in [0.1, 0.15) is 16.7 Å². The molecule has 0 amide bonds. The van der Waals surface area contributed by atoms with Crippen LogP contribution in [0.3, 0.4) is 0 Å². The number of oxime groups is 1. The molecule has 0 saturated heterocycles. The second-order valence-corrected chi connectivity index (χ2v) is 5.36. The highest BCUT2D eigenvalue weighted by molar-refractivity contribution is 6.31. The lowest BCUT2D eigenvalue weighted by Crippen LogP contribution is -2.23. The van der Waals surface area contributed by atoms with E-state index >= 15 is 0 Å². The molecule has 110 valence electrons. The summed E-state index contributed by atoms with van der Waals surface area (Å²) in [5.74, 6) is 0.0935. The first kappa shape index (κ1) is 15.2. The van der Waals surface area contributed by atoms with Gasteiger partial charge in [0.15, 0.2) is 5.84 Å². The molecule has 2 rings (SSSR count). The standard InChI is InChI=1S/C16H18ClN3O/c1-11-7-8-13(16(18)19-21)15(9-11)20(2)10-12-5-3-4-6-14(12)17/h3-9,21H,10H2,1-2H3,(H2,18,19). The van der Waals surface area contributed by atoms with Gasteiger partial charge in [-0.2, -0.15) is 0 Å². The van der Waals surface area contributed by atoms with Gasteiger partial charge in [0, 0.05) is 29.9 Å². The normalized spacial score (nSPS) is 11.5. The van der Waals surface area contributed by atoms with E-state index in [1.54, 1.807) is 0 Å². The molecular weight excluding hydrogens is 286 g/mol. The highest BCUT2D eigenvalue weighted by atomic mass is 35.5. The molecule has 5 heteroatoms. The van der Waals surface area contributed by atoms with Crippen molar-refractivity contribution >= 4 is 23.1 Å². The molecule has 0 atom stereocenters. The summed E-state index contributed by atoms with van der Waals surface area (Å²) in [5.41, 5.74) is 9.46. The largest absolute Gasteiger partial charge is 0.409 e. The monoisotopic (exact) mass is 303 g/mol. The van der Waals surface area contributed by atoms with Gasteiger partial charge in [-0.1, -0.05) is 41.0 Å². The minimum absolute atomic E-state index is 0.0935. The Morgan fingerprint density at radius 2 is 2.00 bits per heavy atom. The van der Waals surface area contributed by atoms with Crippen LogP contribution in [0, 0.1) is 6.92 Å². The summed E-state index contributed by atoms with van der Waals surface area (Å²) >= 11 is 6.20. The van der Waals surface area contributed by atoms with Crippen LogP contribution in [0.2, 0.25) is 5.02 Å². The number of hydrogen-bond donors (Lipinski definition) is 2. The quantitative estimate of drug-likeness (QED) is 0.394. The minimum atomic E-state index is 0.0935. The van der Waals surface area contributed by atoms with Gasteiger partial charge in [0.2, 0.25) is 0 Å². The van der Waals surface area contributed by atoms with E-state index in [1.807, 2.05) is 61.3 Å². The van der Waals surface area contributed by atoms with Crippen LogP contribution in [0.15, 0.2) is 47.6 Å². The Balaban J connectivity index is 2.37. The summed E-state index contributed by atoms with van der Waals surface area (Å²) in [6, 6.07) is 13.5. The Labute approximate surface area is 129 Å². The van der Waals surface area contributed by atoms with Crippen LogP contribution < -0.4 is 10.6 Å². The molecule has 0 spiro atoms. The first-order valence-electron chi connectivity index (χ1n) is 6.56. The van der Waals surface area contributed by atoms with Crippen molar-refractivity contribution in [1.82, 2.24) is 0 Å². The molecule has 0 aliphatic rings. The van der Waals surface area contributed by atoms with E-state index in [4.69, 9.17) is 22.5 Å². The molecule has 21 heavy (non-hydrogen) atoms. The fourth-order valence-corrected chi connectivity index (χ4v) is 2.39. The molecule has 0 aromatic heterocycles. The highest BCUT2D eigenvalue weighted by Crippen LogP contribution is 2.25. The maximum atomic E-state index is 8.92. The summed E-state index contributed by atoms with van der Waals surface area (Å²) in [5, 5.41) is 12.7. The van der Waals surface area contributed by atoms with Crippen molar-refractivity contribution in [2.24, 2.45) is 10.9 Å². The lowest BCUT2D eigenvalue weighted by atomic mass is 10.1. The van der Waals surface area contributed by atoms with E-state index < -0.39 is 0 Å². The lowest BCUT2D eigenvalue weighted by molar-refractivity contribution is 0.318. The molecule has 0 unspecified atom stereocenters. The van der Waals surface area contributed by atoms with Gasteiger partial charge in [0.05, 0.1) is 0 Å². The Bertz CT molecular complexity index is 670. The van der Waals surface area contributed by atoms with Crippen molar-refractivity contribution in [3.63, 3.8) is 0 Å². The molecule has 0 aliphatic carbocycles. The Morgan fingerprint density at radius 3 is 2.67 bits per heavy atom. The van der Waals surface area contributed by atoms with E-state index in [9.17, 15) is 0 Å². The van der Waals surface area contributed by atoms with Crippen molar-refractivity contribution in [3.05, 3.63) is 64.2 Å². The van der Waals surface area contributed by atoms with Gasteiger partial charge in [-0.25, -0.2) is 0 Å².